The maximum absolute atomic E-state index is 6.32. The van der Waals surface area contributed by atoms with Crippen LogP contribution in [0.2, 0.25) is 0 Å². The maximum Gasteiger partial charge on any atom is 0.0197 e. The van der Waals surface area contributed by atoms with Crippen LogP contribution in [0.25, 0.3) is 0 Å². The lowest BCUT2D eigenvalue weighted by Crippen LogP contribution is -2.38. The average molecular weight is 181 g/mol. The first kappa shape index (κ1) is 9.51. The van der Waals surface area contributed by atoms with Crippen LogP contribution < -0.4 is 5.73 Å². The molecule has 0 aromatic heterocycles. The Morgan fingerprint density at radius 1 is 1.23 bits per heavy atom. The van der Waals surface area contributed by atoms with Gasteiger partial charge in [0.1, 0.15) is 0 Å². The number of hydrogen-bond donors (Lipinski definition) is 1. The standard InChI is InChI=1S/C12H23N/c1-6-11(4)8(3)7(2)9-10(11)12(9,5)13/h7-10H,6,13H2,1-5H3. The van der Waals surface area contributed by atoms with Crippen LogP contribution in [-0.2, 0) is 0 Å². The van der Waals surface area contributed by atoms with E-state index in [1.54, 1.807) is 0 Å². The Labute approximate surface area is 82.1 Å². The second-order valence-corrected chi connectivity index (χ2v) is 5.88. The van der Waals surface area contributed by atoms with E-state index in [0.717, 1.165) is 23.7 Å². The normalized spacial score (nSPS) is 65.1. The molecule has 0 bridgehead atoms. The molecule has 2 N–H and O–H groups in total. The van der Waals surface area contributed by atoms with Crippen LogP contribution >= 0.6 is 0 Å². The third kappa shape index (κ3) is 0.869. The molecule has 0 radical (unpaired) electrons. The SMILES string of the molecule is CCC1(C)C(C)C(C)C2C1C2(C)N. The highest BCUT2D eigenvalue weighted by atomic mass is 14.9. The molecular formula is C12H23N. The second kappa shape index (κ2) is 2.31. The quantitative estimate of drug-likeness (QED) is 0.661. The van der Waals surface area contributed by atoms with Crippen molar-refractivity contribution >= 4 is 0 Å². The van der Waals surface area contributed by atoms with Crippen molar-refractivity contribution in [3.05, 3.63) is 0 Å². The van der Waals surface area contributed by atoms with Crippen molar-refractivity contribution in [3.8, 4) is 0 Å². The lowest BCUT2D eigenvalue weighted by molar-refractivity contribution is 0.138. The zero-order valence-corrected chi connectivity index (χ0v) is 9.59. The fourth-order valence-corrected chi connectivity index (χ4v) is 4.29. The monoisotopic (exact) mass is 181 g/mol. The summed E-state index contributed by atoms with van der Waals surface area (Å²) in [7, 11) is 0. The zero-order valence-electron chi connectivity index (χ0n) is 9.59. The summed E-state index contributed by atoms with van der Waals surface area (Å²) >= 11 is 0. The molecule has 2 saturated carbocycles. The van der Waals surface area contributed by atoms with Gasteiger partial charge in [-0.15, -0.1) is 0 Å². The predicted octanol–water partition coefficient (Wildman–Crippen LogP) is 2.65. The molecule has 2 rings (SSSR count). The van der Waals surface area contributed by atoms with Crippen molar-refractivity contribution in [2.24, 2.45) is 34.8 Å². The van der Waals surface area contributed by atoms with Gasteiger partial charge in [0, 0.05) is 5.54 Å². The molecule has 0 heterocycles. The summed E-state index contributed by atoms with van der Waals surface area (Å²) in [4.78, 5) is 0. The molecule has 2 aliphatic rings. The van der Waals surface area contributed by atoms with Gasteiger partial charge in [-0.1, -0.05) is 34.1 Å². The molecule has 1 nitrogen and oxygen atoms in total. The molecule has 2 fully saturated rings. The Balaban J connectivity index is 2.31. The van der Waals surface area contributed by atoms with Crippen LogP contribution in [-0.4, -0.2) is 5.54 Å². The van der Waals surface area contributed by atoms with Gasteiger partial charge in [-0.3, -0.25) is 0 Å². The van der Waals surface area contributed by atoms with Crippen LogP contribution in [0.1, 0.15) is 41.0 Å². The molecule has 76 valence electrons. The predicted molar refractivity (Wildman–Crippen MR) is 56.3 cm³/mol. The first-order chi connectivity index (χ1) is 5.87. The smallest absolute Gasteiger partial charge is 0.0197 e. The minimum Gasteiger partial charge on any atom is -0.325 e. The van der Waals surface area contributed by atoms with Crippen LogP contribution in [0.4, 0.5) is 0 Å². The van der Waals surface area contributed by atoms with Gasteiger partial charge in [-0.05, 0) is 36.0 Å². The largest absolute Gasteiger partial charge is 0.325 e. The molecule has 1 heteroatoms. The topological polar surface area (TPSA) is 26.0 Å². The van der Waals surface area contributed by atoms with Gasteiger partial charge in [-0.2, -0.15) is 0 Å². The van der Waals surface area contributed by atoms with Gasteiger partial charge >= 0.3 is 0 Å². The summed E-state index contributed by atoms with van der Waals surface area (Å²) in [6.45, 7) is 11.8. The second-order valence-electron chi connectivity index (χ2n) is 5.88. The van der Waals surface area contributed by atoms with Gasteiger partial charge in [0.2, 0.25) is 0 Å². The number of hydrogen-bond acceptors (Lipinski definition) is 1. The molecule has 0 saturated heterocycles. The average Bonchev–Trinajstić information content (AvgIpc) is 2.57. The van der Waals surface area contributed by atoms with Gasteiger partial charge in [0.25, 0.3) is 0 Å². The van der Waals surface area contributed by atoms with Crippen molar-refractivity contribution < 1.29 is 0 Å². The van der Waals surface area contributed by atoms with Gasteiger partial charge in [0.15, 0.2) is 0 Å². The van der Waals surface area contributed by atoms with E-state index in [0.29, 0.717) is 5.41 Å². The lowest BCUT2D eigenvalue weighted by Gasteiger charge is -2.36. The van der Waals surface area contributed by atoms with E-state index >= 15 is 0 Å². The molecule has 2 aliphatic carbocycles. The fraction of sp³-hybridized carbons (Fsp3) is 1.00. The van der Waals surface area contributed by atoms with Gasteiger partial charge in [0.05, 0.1) is 0 Å². The Bertz CT molecular complexity index is 233. The Morgan fingerprint density at radius 2 is 1.77 bits per heavy atom. The molecule has 0 amide bonds. The number of nitrogens with two attached hydrogens (primary N) is 1. The third-order valence-electron chi connectivity index (χ3n) is 5.51. The first-order valence-electron chi connectivity index (χ1n) is 5.66. The van der Waals surface area contributed by atoms with Crippen molar-refractivity contribution in [3.63, 3.8) is 0 Å². The van der Waals surface area contributed by atoms with Crippen LogP contribution in [0, 0.1) is 29.1 Å². The molecule has 13 heavy (non-hydrogen) atoms. The minimum atomic E-state index is 0.149. The fourth-order valence-electron chi connectivity index (χ4n) is 4.29. The van der Waals surface area contributed by atoms with Crippen molar-refractivity contribution in [2.75, 3.05) is 0 Å². The minimum absolute atomic E-state index is 0.149. The van der Waals surface area contributed by atoms with Crippen LogP contribution in [0.3, 0.4) is 0 Å². The van der Waals surface area contributed by atoms with Crippen molar-refractivity contribution in [1.29, 1.82) is 0 Å². The van der Waals surface area contributed by atoms with Gasteiger partial charge < -0.3 is 5.73 Å². The van der Waals surface area contributed by atoms with E-state index in [2.05, 4.69) is 34.6 Å². The Hall–Kier alpha value is -0.0400. The van der Waals surface area contributed by atoms with E-state index in [4.69, 9.17) is 5.73 Å². The van der Waals surface area contributed by atoms with E-state index in [9.17, 15) is 0 Å². The maximum atomic E-state index is 6.32. The summed E-state index contributed by atoms with van der Waals surface area (Å²) in [5.74, 6) is 3.26. The summed E-state index contributed by atoms with van der Waals surface area (Å²) in [5, 5.41) is 0. The molecule has 0 aromatic rings. The van der Waals surface area contributed by atoms with E-state index in [-0.39, 0.29) is 5.54 Å². The van der Waals surface area contributed by atoms with E-state index < -0.39 is 0 Å². The molecule has 6 unspecified atom stereocenters. The molecule has 0 aromatic carbocycles. The van der Waals surface area contributed by atoms with Crippen molar-refractivity contribution in [2.45, 2.75) is 46.6 Å². The number of fused-ring (bicyclic) bond motifs is 1. The Kier molecular flexibility index (Phi) is 1.69. The molecule has 0 aliphatic heterocycles. The highest BCUT2D eigenvalue weighted by Gasteiger charge is 2.73. The van der Waals surface area contributed by atoms with E-state index in [1.807, 2.05) is 0 Å². The molecule has 0 spiro atoms. The summed E-state index contributed by atoms with van der Waals surface area (Å²) < 4.78 is 0. The molecule has 6 atom stereocenters. The summed E-state index contributed by atoms with van der Waals surface area (Å²) in [5.41, 5.74) is 6.98. The highest BCUT2D eigenvalue weighted by molar-refractivity contribution is 5.25. The summed E-state index contributed by atoms with van der Waals surface area (Å²) in [6.07, 6.45) is 1.28. The van der Waals surface area contributed by atoms with E-state index in [1.165, 1.54) is 6.42 Å². The first-order valence-corrected chi connectivity index (χ1v) is 5.66. The zero-order chi connectivity index (χ0) is 10.0. The molecular weight excluding hydrogens is 158 g/mol. The van der Waals surface area contributed by atoms with Crippen LogP contribution in [0.15, 0.2) is 0 Å². The highest BCUT2D eigenvalue weighted by Crippen LogP contribution is 2.72. The van der Waals surface area contributed by atoms with Crippen LogP contribution in [0.5, 0.6) is 0 Å². The van der Waals surface area contributed by atoms with Crippen molar-refractivity contribution in [1.82, 2.24) is 0 Å². The van der Waals surface area contributed by atoms with Gasteiger partial charge in [-0.25, -0.2) is 0 Å². The number of rotatable bonds is 1. The summed E-state index contributed by atoms with van der Waals surface area (Å²) in [6, 6.07) is 0. The Morgan fingerprint density at radius 3 is 2.08 bits per heavy atom. The third-order valence-corrected chi connectivity index (χ3v) is 5.51. The lowest BCUT2D eigenvalue weighted by atomic mass is 9.70.